The van der Waals surface area contributed by atoms with Gasteiger partial charge in [-0.1, -0.05) is 11.3 Å². The molecule has 0 saturated carbocycles. The summed E-state index contributed by atoms with van der Waals surface area (Å²) in [5, 5.41) is 7.00. The lowest BCUT2D eigenvalue weighted by Crippen LogP contribution is -2.27. The molecule has 166 valence electrons. The van der Waals surface area contributed by atoms with Crippen molar-refractivity contribution in [1.82, 2.24) is 15.8 Å². The molecule has 2 amide bonds. The zero-order chi connectivity index (χ0) is 23.0. The summed E-state index contributed by atoms with van der Waals surface area (Å²) in [6.45, 7) is 3.01. The molecule has 1 aromatic heterocycles. The van der Waals surface area contributed by atoms with Gasteiger partial charge in [0.15, 0.2) is 5.78 Å². The van der Waals surface area contributed by atoms with Crippen molar-refractivity contribution >= 4 is 45.5 Å². The Morgan fingerprint density at radius 2 is 1.94 bits per heavy atom. The lowest BCUT2D eigenvalue weighted by Gasteiger charge is -2.12. The lowest BCUT2D eigenvalue weighted by atomic mass is 10.1. The molecule has 0 atom stereocenters. The Bertz CT molecular complexity index is 1000. The Morgan fingerprint density at radius 1 is 1.19 bits per heavy atom. The Balaban J connectivity index is 2.16. The molecule has 1 heterocycles. The van der Waals surface area contributed by atoms with Gasteiger partial charge in [0.05, 0.1) is 36.9 Å². The number of hydrogen-bond acceptors (Lipinski definition) is 10. The van der Waals surface area contributed by atoms with E-state index in [-0.39, 0.29) is 23.8 Å². The number of rotatable bonds is 10. The summed E-state index contributed by atoms with van der Waals surface area (Å²) in [7, 11) is 4.52. The van der Waals surface area contributed by atoms with E-state index in [1.165, 1.54) is 28.2 Å². The van der Waals surface area contributed by atoms with Crippen LogP contribution in [0.15, 0.2) is 23.3 Å². The fourth-order valence-electron chi connectivity index (χ4n) is 2.48. The Morgan fingerprint density at radius 3 is 2.55 bits per heavy atom. The van der Waals surface area contributed by atoms with Crippen molar-refractivity contribution in [2.75, 3.05) is 32.0 Å². The Kier molecular flexibility index (Phi) is 8.32. The number of ether oxygens (including phenoxy) is 2. The van der Waals surface area contributed by atoms with E-state index in [0.29, 0.717) is 32.9 Å². The highest BCUT2D eigenvalue weighted by Gasteiger charge is 2.22. The quantitative estimate of drug-likeness (QED) is 0.244. The summed E-state index contributed by atoms with van der Waals surface area (Å²) in [6, 6.07) is 4.92. The first-order valence-corrected chi connectivity index (χ1v) is 9.90. The van der Waals surface area contributed by atoms with Crippen LogP contribution in [0.3, 0.4) is 0 Å². The number of nitrogens with one attached hydrogen (secondary N) is 4. The Labute approximate surface area is 183 Å². The first-order chi connectivity index (χ1) is 14.8. The Hall–Kier alpha value is -3.67. The normalized spacial score (nSPS) is 10.8. The second kappa shape index (κ2) is 10.9. The van der Waals surface area contributed by atoms with Crippen LogP contribution in [0.5, 0.6) is 11.5 Å². The maximum Gasteiger partial charge on any atom is 0.272 e. The van der Waals surface area contributed by atoms with Gasteiger partial charge in [0.1, 0.15) is 17.2 Å². The second-order valence-corrected chi connectivity index (χ2v) is 7.14. The number of ketones is 1. The van der Waals surface area contributed by atoms with Crippen molar-refractivity contribution in [1.29, 1.82) is 0 Å². The van der Waals surface area contributed by atoms with E-state index in [9.17, 15) is 14.4 Å². The zero-order valence-electron chi connectivity index (χ0n) is 17.8. The third-order valence-electron chi connectivity index (χ3n) is 3.89. The van der Waals surface area contributed by atoms with Crippen LogP contribution >= 0.6 is 11.3 Å². The molecule has 31 heavy (non-hydrogen) atoms. The SMILES string of the molecule is CN/N=C(/CC(=O)c1sc(NNC(C)=O)nc1C)C(=O)Nc1ccc(OC)cc1OC. The number of amides is 2. The standard InChI is InChI=1S/C19H24N6O5S/c1-10-17(31-19(21-10)25-23-11(2)26)15(27)9-14(24-20-3)18(28)22-13-7-6-12(29-4)8-16(13)30-5/h6-8,20H,9H2,1-5H3,(H,21,25)(H,22,28)(H,23,26)/b24-14-. The molecule has 0 unspecified atom stereocenters. The molecule has 0 radical (unpaired) electrons. The van der Waals surface area contributed by atoms with Gasteiger partial charge >= 0.3 is 0 Å². The molecule has 0 saturated heterocycles. The molecule has 0 bridgehead atoms. The molecule has 0 aliphatic carbocycles. The molecule has 2 aromatic rings. The van der Waals surface area contributed by atoms with E-state index in [1.54, 1.807) is 25.1 Å². The number of hydrazone groups is 1. The van der Waals surface area contributed by atoms with E-state index in [1.807, 2.05) is 0 Å². The summed E-state index contributed by atoms with van der Waals surface area (Å²) in [5.41, 5.74) is 8.42. The van der Waals surface area contributed by atoms with Gasteiger partial charge in [-0.05, 0) is 19.1 Å². The van der Waals surface area contributed by atoms with Gasteiger partial charge in [0, 0.05) is 20.0 Å². The average molecular weight is 449 g/mol. The van der Waals surface area contributed by atoms with Crippen LogP contribution in [0, 0.1) is 6.92 Å². The number of hydrazine groups is 1. The van der Waals surface area contributed by atoms with E-state index in [4.69, 9.17) is 9.47 Å². The van der Waals surface area contributed by atoms with Crippen molar-refractivity contribution < 1.29 is 23.9 Å². The van der Waals surface area contributed by atoms with Crippen molar-refractivity contribution in [3.05, 3.63) is 28.8 Å². The number of benzene rings is 1. The van der Waals surface area contributed by atoms with E-state index in [2.05, 4.69) is 31.7 Å². The molecule has 12 heteroatoms. The van der Waals surface area contributed by atoms with Gasteiger partial charge in [-0.3, -0.25) is 25.2 Å². The summed E-state index contributed by atoms with van der Waals surface area (Å²) >= 11 is 1.07. The summed E-state index contributed by atoms with van der Waals surface area (Å²) in [4.78, 5) is 41.1. The first kappa shape index (κ1) is 23.6. The summed E-state index contributed by atoms with van der Waals surface area (Å²) in [6.07, 6.45) is -0.256. The third kappa shape index (κ3) is 6.40. The largest absolute Gasteiger partial charge is 0.497 e. The van der Waals surface area contributed by atoms with Gasteiger partial charge in [0.25, 0.3) is 5.91 Å². The molecule has 2 rings (SSSR count). The number of nitrogens with zero attached hydrogens (tertiary/aromatic N) is 2. The molecule has 0 fully saturated rings. The number of carbonyl (C=O) groups excluding carboxylic acids is 3. The summed E-state index contributed by atoms with van der Waals surface area (Å²) < 4.78 is 10.4. The third-order valence-corrected chi connectivity index (χ3v) is 5.00. The monoisotopic (exact) mass is 448 g/mol. The average Bonchev–Trinajstić information content (AvgIpc) is 3.12. The second-order valence-electron chi connectivity index (χ2n) is 6.14. The molecular weight excluding hydrogens is 424 g/mol. The van der Waals surface area contributed by atoms with Crippen LogP contribution in [0.2, 0.25) is 0 Å². The first-order valence-electron chi connectivity index (χ1n) is 9.08. The van der Waals surface area contributed by atoms with Gasteiger partial charge in [-0.25, -0.2) is 4.98 Å². The number of methoxy groups -OCH3 is 2. The number of thiazole rings is 1. The van der Waals surface area contributed by atoms with Crippen LogP contribution in [0.1, 0.15) is 28.7 Å². The molecular formula is C19H24N6O5S. The van der Waals surface area contributed by atoms with E-state index in [0.717, 1.165) is 11.3 Å². The number of aromatic nitrogens is 1. The van der Waals surface area contributed by atoms with E-state index < -0.39 is 5.91 Å². The maximum atomic E-state index is 12.8. The van der Waals surface area contributed by atoms with Crippen LogP contribution in [-0.4, -0.2) is 49.6 Å². The van der Waals surface area contributed by atoms with Gasteiger partial charge in [-0.2, -0.15) is 5.10 Å². The van der Waals surface area contributed by atoms with Crippen molar-refractivity contribution in [2.45, 2.75) is 20.3 Å². The highest BCUT2D eigenvalue weighted by molar-refractivity contribution is 7.17. The smallest absolute Gasteiger partial charge is 0.272 e. The summed E-state index contributed by atoms with van der Waals surface area (Å²) in [5.74, 6) is -0.232. The van der Waals surface area contributed by atoms with Gasteiger partial charge in [0.2, 0.25) is 11.0 Å². The number of hydrogen-bond donors (Lipinski definition) is 4. The zero-order valence-corrected chi connectivity index (χ0v) is 18.6. The predicted molar refractivity (Wildman–Crippen MR) is 118 cm³/mol. The molecule has 4 N–H and O–H groups in total. The van der Waals surface area contributed by atoms with Crippen LogP contribution in [-0.2, 0) is 9.59 Å². The maximum absolute atomic E-state index is 12.8. The molecule has 11 nitrogen and oxygen atoms in total. The van der Waals surface area contributed by atoms with Gasteiger partial charge in [-0.15, -0.1) is 0 Å². The fourth-order valence-corrected chi connectivity index (χ4v) is 3.34. The fraction of sp³-hybridized carbons (Fsp3) is 0.316. The highest BCUT2D eigenvalue weighted by atomic mass is 32.1. The minimum Gasteiger partial charge on any atom is -0.497 e. The van der Waals surface area contributed by atoms with Crippen LogP contribution < -0.4 is 31.1 Å². The topological polar surface area (TPSA) is 143 Å². The molecule has 1 aromatic carbocycles. The number of anilines is 2. The highest BCUT2D eigenvalue weighted by Crippen LogP contribution is 2.29. The molecule has 0 spiro atoms. The van der Waals surface area contributed by atoms with Crippen molar-refractivity contribution in [3.63, 3.8) is 0 Å². The van der Waals surface area contributed by atoms with Crippen LogP contribution in [0.4, 0.5) is 10.8 Å². The molecule has 0 aliphatic heterocycles. The number of carbonyl (C=O) groups is 3. The lowest BCUT2D eigenvalue weighted by molar-refractivity contribution is -0.118. The van der Waals surface area contributed by atoms with Crippen LogP contribution in [0.25, 0.3) is 0 Å². The predicted octanol–water partition coefficient (Wildman–Crippen LogP) is 1.72. The number of Topliss-reactive ketones (excluding diaryl/α,β-unsaturated/α-hetero) is 1. The van der Waals surface area contributed by atoms with Crippen molar-refractivity contribution in [2.24, 2.45) is 5.10 Å². The molecule has 0 aliphatic rings. The van der Waals surface area contributed by atoms with Crippen molar-refractivity contribution in [3.8, 4) is 11.5 Å². The van der Waals surface area contributed by atoms with Gasteiger partial charge < -0.3 is 20.2 Å². The minimum absolute atomic E-state index is 0.0189. The number of aryl methyl sites for hydroxylation is 1. The van der Waals surface area contributed by atoms with E-state index >= 15 is 0 Å². The minimum atomic E-state index is -0.565.